The second-order valence-electron chi connectivity index (χ2n) is 5.98. The van der Waals surface area contributed by atoms with Crippen molar-refractivity contribution in [2.75, 3.05) is 31.4 Å². The molecule has 0 aliphatic heterocycles. The zero-order valence-electron chi connectivity index (χ0n) is 15.8. The summed E-state index contributed by atoms with van der Waals surface area (Å²) in [6, 6.07) is 15.3. The molecule has 0 fully saturated rings. The van der Waals surface area contributed by atoms with Crippen LogP contribution in [0.1, 0.15) is 15.9 Å². The smallest absolute Gasteiger partial charge is 0.258 e. The van der Waals surface area contributed by atoms with Gasteiger partial charge in [-0.15, -0.1) is 0 Å². The average molecular weight is 378 g/mol. The van der Waals surface area contributed by atoms with Crippen LogP contribution in [0.2, 0.25) is 0 Å². The number of hydrogen-bond donors (Lipinski definition) is 2. The van der Waals surface area contributed by atoms with Gasteiger partial charge < -0.3 is 20.1 Å². The highest BCUT2D eigenvalue weighted by atomic mass is 16.5. The van der Waals surface area contributed by atoms with Gasteiger partial charge in [0.1, 0.15) is 11.5 Å². The van der Waals surface area contributed by atoms with Gasteiger partial charge in [-0.3, -0.25) is 4.79 Å². The maximum absolute atomic E-state index is 12.5. The van der Waals surface area contributed by atoms with Gasteiger partial charge in [0.15, 0.2) is 0 Å². The molecule has 0 unspecified atom stereocenters. The molecule has 7 heteroatoms. The molecule has 0 spiro atoms. The van der Waals surface area contributed by atoms with E-state index < -0.39 is 0 Å². The number of aromatic nitrogens is 2. The molecule has 0 aliphatic carbocycles. The lowest BCUT2D eigenvalue weighted by molar-refractivity contribution is 0.102. The molecule has 1 amide bonds. The number of carbonyl (C=O) groups excluding carboxylic acids is 1. The lowest BCUT2D eigenvalue weighted by atomic mass is 10.1. The molecule has 3 rings (SSSR count). The van der Waals surface area contributed by atoms with Crippen LogP contribution < -0.4 is 20.1 Å². The SMILES string of the molecule is COc1ccc(OC)c(NC(=O)c2cnc(NCCc3ccccc3)nc2)c1. The first-order valence-electron chi connectivity index (χ1n) is 8.83. The number of benzene rings is 2. The van der Waals surface area contributed by atoms with Crippen LogP contribution in [0.25, 0.3) is 0 Å². The number of rotatable bonds is 8. The lowest BCUT2D eigenvalue weighted by Crippen LogP contribution is -2.14. The van der Waals surface area contributed by atoms with Gasteiger partial charge in [-0.25, -0.2) is 9.97 Å². The standard InChI is InChI=1S/C21H22N4O3/c1-27-17-8-9-19(28-2)18(12-17)25-20(26)16-13-23-21(24-14-16)22-11-10-15-6-4-3-5-7-15/h3-9,12-14H,10-11H2,1-2H3,(H,25,26)(H,22,23,24). The number of anilines is 2. The molecule has 0 saturated carbocycles. The fourth-order valence-corrected chi connectivity index (χ4v) is 2.61. The summed E-state index contributed by atoms with van der Waals surface area (Å²) >= 11 is 0. The maximum atomic E-state index is 12.5. The van der Waals surface area contributed by atoms with Gasteiger partial charge in [0, 0.05) is 25.0 Å². The summed E-state index contributed by atoms with van der Waals surface area (Å²) in [5.74, 6) is 1.30. The Morgan fingerprint density at radius 3 is 2.43 bits per heavy atom. The number of carbonyl (C=O) groups is 1. The Hall–Kier alpha value is -3.61. The molecule has 3 aromatic rings. The Bertz CT molecular complexity index is 915. The summed E-state index contributed by atoms with van der Waals surface area (Å²) in [4.78, 5) is 20.9. The third kappa shape index (κ3) is 4.97. The van der Waals surface area contributed by atoms with E-state index in [0.717, 1.165) is 6.42 Å². The third-order valence-corrected chi connectivity index (χ3v) is 4.11. The van der Waals surface area contributed by atoms with E-state index in [4.69, 9.17) is 9.47 Å². The van der Waals surface area contributed by atoms with Gasteiger partial charge in [-0.1, -0.05) is 30.3 Å². The van der Waals surface area contributed by atoms with Crippen molar-refractivity contribution in [3.05, 3.63) is 72.1 Å². The highest BCUT2D eigenvalue weighted by Gasteiger charge is 2.12. The van der Waals surface area contributed by atoms with Gasteiger partial charge in [-0.2, -0.15) is 0 Å². The summed E-state index contributed by atoms with van der Waals surface area (Å²) in [6.45, 7) is 0.705. The van der Waals surface area contributed by atoms with Crippen LogP contribution in [-0.2, 0) is 6.42 Å². The van der Waals surface area contributed by atoms with Crippen molar-refractivity contribution < 1.29 is 14.3 Å². The fraction of sp³-hybridized carbons (Fsp3) is 0.190. The molecule has 28 heavy (non-hydrogen) atoms. The molecule has 1 aromatic heterocycles. The summed E-state index contributed by atoms with van der Waals surface area (Å²) in [5, 5.41) is 5.94. The minimum Gasteiger partial charge on any atom is -0.497 e. The van der Waals surface area contributed by atoms with Crippen molar-refractivity contribution in [3.8, 4) is 11.5 Å². The van der Waals surface area contributed by atoms with Crippen LogP contribution in [0.5, 0.6) is 11.5 Å². The van der Waals surface area contributed by atoms with E-state index in [1.165, 1.54) is 25.1 Å². The number of nitrogens with one attached hydrogen (secondary N) is 2. The number of amides is 1. The Morgan fingerprint density at radius 2 is 1.75 bits per heavy atom. The second-order valence-corrected chi connectivity index (χ2v) is 5.98. The van der Waals surface area contributed by atoms with E-state index in [0.29, 0.717) is 35.2 Å². The van der Waals surface area contributed by atoms with E-state index in [9.17, 15) is 4.79 Å². The van der Waals surface area contributed by atoms with Crippen LogP contribution in [0.4, 0.5) is 11.6 Å². The van der Waals surface area contributed by atoms with Gasteiger partial charge in [0.05, 0.1) is 25.5 Å². The number of nitrogens with zero attached hydrogens (tertiary/aromatic N) is 2. The first-order valence-corrected chi connectivity index (χ1v) is 8.83. The monoisotopic (exact) mass is 378 g/mol. The molecule has 0 saturated heterocycles. The average Bonchev–Trinajstić information content (AvgIpc) is 2.75. The van der Waals surface area contributed by atoms with Crippen molar-refractivity contribution in [2.45, 2.75) is 6.42 Å². The molecule has 7 nitrogen and oxygen atoms in total. The van der Waals surface area contributed by atoms with Crippen molar-refractivity contribution in [2.24, 2.45) is 0 Å². The summed E-state index contributed by atoms with van der Waals surface area (Å²) in [6.07, 6.45) is 3.84. The van der Waals surface area contributed by atoms with Gasteiger partial charge in [0.2, 0.25) is 5.95 Å². The quantitative estimate of drug-likeness (QED) is 0.625. The molecular formula is C21H22N4O3. The van der Waals surface area contributed by atoms with E-state index in [-0.39, 0.29) is 5.91 Å². The molecule has 0 atom stereocenters. The van der Waals surface area contributed by atoms with E-state index in [1.807, 2.05) is 18.2 Å². The van der Waals surface area contributed by atoms with E-state index in [2.05, 4.69) is 32.7 Å². The summed E-state index contributed by atoms with van der Waals surface area (Å²) < 4.78 is 10.5. The predicted molar refractivity (Wildman–Crippen MR) is 108 cm³/mol. The Labute approximate surface area is 163 Å². The van der Waals surface area contributed by atoms with Crippen molar-refractivity contribution >= 4 is 17.5 Å². The van der Waals surface area contributed by atoms with Crippen LogP contribution in [-0.4, -0.2) is 36.6 Å². The molecular weight excluding hydrogens is 356 g/mol. The largest absolute Gasteiger partial charge is 0.497 e. The van der Waals surface area contributed by atoms with Crippen molar-refractivity contribution in [1.82, 2.24) is 9.97 Å². The highest BCUT2D eigenvalue weighted by Crippen LogP contribution is 2.29. The Kier molecular flexibility index (Phi) is 6.41. The summed E-state index contributed by atoms with van der Waals surface area (Å²) in [7, 11) is 3.10. The summed E-state index contributed by atoms with van der Waals surface area (Å²) in [5.41, 5.74) is 2.09. The van der Waals surface area contributed by atoms with Crippen LogP contribution >= 0.6 is 0 Å². The first kappa shape index (κ1) is 19.2. The minimum absolute atomic E-state index is 0.331. The third-order valence-electron chi connectivity index (χ3n) is 4.11. The van der Waals surface area contributed by atoms with E-state index in [1.54, 1.807) is 25.3 Å². The van der Waals surface area contributed by atoms with Crippen molar-refractivity contribution in [1.29, 1.82) is 0 Å². The Balaban J connectivity index is 1.59. The molecule has 2 N–H and O–H groups in total. The number of ether oxygens (including phenoxy) is 2. The number of methoxy groups -OCH3 is 2. The molecule has 0 radical (unpaired) electrons. The molecule has 0 aliphatic rings. The first-order chi connectivity index (χ1) is 13.7. The molecule has 144 valence electrons. The van der Waals surface area contributed by atoms with Gasteiger partial charge in [-0.05, 0) is 24.1 Å². The zero-order valence-corrected chi connectivity index (χ0v) is 15.8. The molecule has 1 heterocycles. The lowest BCUT2D eigenvalue weighted by Gasteiger charge is -2.11. The predicted octanol–water partition coefficient (Wildman–Crippen LogP) is 3.40. The molecule has 2 aromatic carbocycles. The zero-order chi connectivity index (χ0) is 19.8. The Morgan fingerprint density at radius 1 is 1.00 bits per heavy atom. The van der Waals surface area contributed by atoms with Crippen molar-refractivity contribution in [3.63, 3.8) is 0 Å². The van der Waals surface area contributed by atoms with E-state index >= 15 is 0 Å². The van der Waals surface area contributed by atoms with Crippen LogP contribution in [0.3, 0.4) is 0 Å². The van der Waals surface area contributed by atoms with Gasteiger partial charge >= 0.3 is 0 Å². The highest BCUT2D eigenvalue weighted by molar-refractivity contribution is 6.04. The van der Waals surface area contributed by atoms with Gasteiger partial charge in [0.25, 0.3) is 5.91 Å². The van der Waals surface area contributed by atoms with Crippen LogP contribution in [0, 0.1) is 0 Å². The maximum Gasteiger partial charge on any atom is 0.258 e. The normalized spacial score (nSPS) is 10.2. The van der Waals surface area contributed by atoms with Crippen LogP contribution in [0.15, 0.2) is 60.9 Å². The molecule has 0 bridgehead atoms. The number of hydrogen-bond acceptors (Lipinski definition) is 6. The topological polar surface area (TPSA) is 85.4 Å². The minimum atomic E-state index is -0.331. The fourth-order valence-electron chi connectivity index (χ4n) is 2.61. The second kappa shape index (κ2) is 9.36.